The van der Waals surface area contributed by atoms with E-state index in [1.54, 1.807) is 6.07 Å². The molecule has 4 rings (SSSR count). The highest BCUT2D eigenvalue weighted by atomic mass is 35.5. The van der Waals surface area contributed by atoms with E-state index in [1.807, 2.05) is 42.3 Å². The number of nitrogens with zero attached hydrogens (tertiary/aromatic N) is 2. The van der Waals surface area contributed by atoms with Crippen LogP contribution < -0.4 is 4.74 Å². The van der Waals surface area contributed by atoms with Gasteiger partial charge in [-0.05, 0) is 61.8 Å². The van der Waals surface area contributed by atoms with Gasteiger partial charge in [0.25, 0.3) is 0 Å². The molecule has 28 heavy (non-hydrogen) atoms. The maximum atomic E-state index is 13.2. The SMILES string of the molecule is CN1CCCC[C@@H]1C(=O)N1CCOc2c(O)cc(-c3cccc(Cl)c3)cc2C1. The summed E-state index contributed by atoms with van der Waals surface area (Å²) >= 11 is 6.12. The molecule has 148 valence electrons. The van der Waals surface area contributed by atoms with Crippen molar-refractivity contribution < 1.29 is 14.6 Å². The van der Waals surface area contributed by atoms with E-state index in [1.165, 1.54) is 0 Å². The minimum Gasteiger partial charge on any atom is -0.504 e. The highest BCUT2D eigenvalue weighted by molar-refractivity contribution is 6.30. The highest BCUT2D eigenvalue weighted by Gasteiger charge is 2.31. The standard InChI is InChI=1S/C22H25ClN2O3/c1-24-8-3-2-7-19(24)22(27)25-9-10-28-21-17(14-25)11-16(13-20(21)26)15-5-4-6-18(23)12-15/h4-6,11-13,19,26H,2-3,7-10,14H2,1H3/t19-/m1/s1. The second-order valence-corrected chi connectivity index (χ2v) is 8.03. The molecule has 1 fully saturated rings. The van der Waals surface area contributed by atoms with Gasteiger partial charge in [-0.25, -0.2) is 0 Å². The van der Waals surface area contributed by atoms with Crippen LogP contribution >= 0.6 is 11.6 Å². The minimum atomic E-state index is -0.0694. The first kappa shape index (κ1) is 19.1. The molecule has 0 aliphatic carbocycles. The number of likely N-dealkylation sites (tertiary alicyclic amines) is 1. The lowest BCUT2D eigenvalue weighted by atomic mass is 10.00. The lowest BCUT2D eigenvalue weighted by Crippen LogP contribution is -2.49. The smallest absolute Gasteiger partial charge is 0.240 e. The number of fused-ring (bicyclic) bond motifs is 1. The summed E-state index contributed by atoms with van der Waals surface area (Å²) in [6.07, 6.45) is 3.12. The van der Waals surface area contributed by atoms with E-state index < -0.39 is 0 Å². The number of phenols is 1. The van der Waals surface area contributed by atoms with Crippen molar-refractivity contribution >= 4 is 17.5 Å². The summed E-state index contributed by atoms with van der Waals surface area (Å²) in [5.41, 5.74) is 2.59. The molecule has 6 heteroatoms. The van der Waals surface area contributed by atoms with Crippen LogP contribution in [0.3, 0.4) is 0 Å². The van der Waals surface area contributed by atoms with Gasteiger partial charge in [0.15, 0.2) is 11.5 Å². The van der Waals surface area contributed by atoms with E-state index in [0.29, 0.717) is 30.5 Å². The number of hydrogen-bond acceptors (Lipinski definition) is 4. The lowest BCUT2D eigenvalue weighted by Gasteiger charge is -2.34. The predicted molar refractivity (Wildman–Crippen MR) is 110 cm³/mol. The molecule has 2 aromatic rings. The Morgan fingerprint density at radius 1 is 1.18 bits per heavy atom. The van der Waals surface area contributed by atoms with Crippen LogP contribution in [0.25, 0.3) is 11.1 Å². The number of ether oxygens (including phenoxy) is 1. The van der Waals surface area contributed by atoms with Gasteiger partial charge in [-0.2, -0.15) is 0 Å². The number of amides is 1. The van der Waals surface area contributed by atoms with Gasteiger partial charge in [-0.15, -0.1) is 0 Å². The Balaban J connectivity index is 1.64. The Kier molecular flexibility index (Phi) is 5.47. The van der Waals surface area contributed by atoms with Crippen molar-refractivity contribution in [1.82, 2.24) is 9.80 Å². The third kappa shape index (κ3) is 3.82. The first-order valence-corrected chi connectivity index (χ1v) is 10.1. The Hall–Kier alpha value is -2.24. The van der Waals surface area contributed by atoms with Gasteiger partial charge in [0.2, 0.25) is 5.91 Å². The maximum absolute atomic E-state index is 13.2. The quantitative estimate of drug-likeness (QED) is 0.830. The summed E-state index contributed by atoms with van der Waals surface area (Å²) < 4.78 is 5.80. The molecule has 0 aromatic heterocycles. The molecule has 0 radical (unpaired) electrons. The molecule has 0 unspecified atom stereocenters. The number of piperidine rings is 1. The molecule has 1 atom stereocenters. The number of likely N-dealkylation sites (N-methyl/N-ethyl adjacent to an activating group) is 1. The summed E-state index contributed by atoms with van der Waals surface area (Å²) in [4.78, 5) is 17.2. The Labute approximate surface area is 170 Å². The van der Waals surface area contributed by atoms with E-state index >= 15 is 0 Å². The number of phenolic OH excluding ortho intramolecular Hbond substituents is 1. The number of benzene rings is 2. The van der Waals surface area contributed by atoms with Crippen molar-refractivity contribution in [2.75, 3.05) is 26.7 Å². The topological polar surface area (TPSA) is 53.0 Å². The van der Waals surface area contributed by atoms with Gasteiger partial charge in [0.1, 0.15) is 6.61 Å². The highest BCUT2D eigenvalue weighted by Crippen LogP contribution is 2.38. The van der Waals surface area contributed by atoms with Gasteiger partial charge in [0, 0.05) is 17.1 Å². The van der Waals surface area contributed by atoms with E-state index in [4.69, 9.17) is 16.3 Å². The monoisotopic (exact) mass is 400 g/mol. The van der Waals surface area contributed by atoms with Gasteiger partial charge in [0.05, 0.1) is 12.6 Å². The fourth-order valence-electron chi connectivity index (χ4n) is 4.12. The number of halogens is 1. The van der Waals surface area contributed by atoms with Crippen molar-refractivity contribution in [2.24, 2.45) is 0 Å². The van der Waals surface area contributed by atoms with Crippen LogP contribution in [0.4, 0.5) is 0 Å². The summed E-state index contributed by atoms with van der Waals surface area (Å²) in [6, 6.07) is 11.1. The summed E-state index contributed by atoms with van der Waals surface area (Å²) in [7, 11) is 2.02. The molecule has 0 saturated carbocycles. The second-order valence-electron chi connectivity index (χ2n) is 7.59. The normalized spacial score (nSPS) is 20.2. The zero-order valence-electron chi connectivity index (χ0n) is 16.0. The fourth-order valence-corrected chi connectivity index (χ4v) is 4.31. The molecular formula is C22H25ClN2O3. The predicted octanol–water partition coefficient (Wildman–Crippen LogP) is 3.92. The molecule has 2 aliphatic heterocycles. The summed E-state index contributed by atoms with van der Waals surface area (Å²) in [5.74, 6) is 0.709. The van der Waals surface area contributed by atoms with Crippen molar-refractivity contribution in [3.63, 3.8) is 0 Å². The van der Waals surface area contributed by atoms with Crippen LogP contribution in [0.15, 0.2) is 36.4 Å². The van der Waals surface area contributed by atoms with Crippen LogP contribution in [0.5, 0.6) is 11.5 Å². The van der Waals surface area contributed by atoms with Crippen LogP contribution in [0, 0.1) is 0 Å². The average Bonchev–Trinajstić information content (AvgIpc) is 2.91. The Morgan fingerprint density at radius 2 is 2.04 bits per heavy atom. The average molecular weight is 401 g/mol. The maximum Gasteiger partial charge on any atom is 0.240 e. The van der Waals surface area contributed by atoms with Crippen molar-refractivity contribution in [3.8, 4) is 22.6 Å². The molecule has 2 heterocycles. The van der Waals surface area contributed by atoms with E-state index in [-0.39, 0.29) is 17.7 Å². The first-order valence-electron chi connectivity index (χ1n) is 9.76. The molecule has 0 bridgehead atoms. The van der Waals surface area contributed by atoms with E-state index in [9.17, 15) is 9.90 Å². The van der Waals surface area contributed by atoms with Gasteiger partial charge in [-0.3, -0.25) is 9.69 Å². The van der Waals surface area contributed by atoms with Gasteiger partial charge < -0.3 is 14.7 Å². The van der Waals surface area contributed by atoms with Crippen LogP contribution in [0.2, 0.25) is 5.02 Å². The van der Waals surface area contributed by atoms with Crippen molar-refractivity contribution in [2.45, 2.75) is 31.8 Å². The summed E-state index contributed by atoms with van der Waals surface area (Å²) in [5, 5.41) is 11.2. The number of aromatic hydroxyl groups is 1. The van der Waals surface area contributed by atoms with Gasteiger partial charge >= 0.3 is 0 Å². The van der Waals surface area contributed by atoms with Crippen LogP contribution in [0.1, 0.15) is 24.8 Å². The number of carbonyl (C=O) groups excluding carboxylic acids is 1. The number of carbonyl (C=O) groups is 1. The Bertz CT molecular complexity index is 886. The van der Waals surface area contributed by atoms with E-state index in [0.717, 1.165) is 42.5 Å². The van der Waals surface area contributed by atoms with Gasteiger partial charge in [-0.1, -0.05) is 30.2 Å². The molecular weight excluding hydrogens is 376 g/mol. The zero-order chi connectivity index (χ0) is 19.7. The fraction of sp³-hybridized carbons (Fsp3) is 0.409. The minimum absolute atomic E-state index is 0.0694. The third-order valence-electron chi connectivity index (χ3n) is 5.64. The zero-order valence-corrected chi connectivity index (χ0v) is 16.8. The van der Waals surface area contributed by atoms with Crippen LogP contribution in [-0.2, 0) is 11.3 Å². The molecule has 5 nitrogen and oxygen atoms in total. The largest absolute Gasteiger partial charge is 0.504 e. The third-order valence-corrected chi connectivity index (χ3v) is 5.88. The molecule has 2 aromatic carbocycles. The molecule has 1 saturated heterocycles. The number of hydrogen-bond donors (Lipinski definition) is 1. The molecule has 2 aliphatic rings. The summed E-state index contributed by atoms with van der Waals surface area (Å²) in [6.45, 7) is 2.28. The van der Waals surface area contributed by atoms with E-state index in [2.05, 4.69) is 4.90 Å². The molecule has 1 amide bonds. The number of rotatable bonds is 2. The van der Waals surface area contributed by atoms with Crippen LogP contribution in [-0.4, -0.2) is 53.6 Å². The first-order chi connectivity index (χ1) is 13.5. The Morgan fingerprint density at radius 3 is 2.82 bits per heavy atom. The lowest BCUT2D eigenvalue weighted by molar-refractivity contribution is -0.138. The molecule has 0 spiro atoms. The second kappa shape index (κ2) is 8.02. The van der Waals surface area contributed by atoms with Crippen molar-refractivity contribution in [3.05, 3.63) is 47.0 Å². The molecule has 1 N–H and O–H groups in total. The van der Waals surface area contributed by atoms with Crippen molar-refractivity contribution in [1.29, 1.82) is 0 Å².